The number of pyridine rings is 2. The highest BCUT2D eigenvalue weighted by Gasteiger charge is 2.27. The Morgan fingerprint density at radius 1 is 1.23 bits per heavy atom. The summed E-state index contributed by atoms with van der Waals surface area (Å²) in [5.74, 6) is 1.52. The predicted octanol–water partition coefficient (Wildman–Crippen LogP) is 2.66. The minimum Gasteiger partial charge on any atom is -0.490 e. The van der Waals surface area contributed by atoms with Gasteiger partial charge in [-0.25, -0.2) is 14.4 Å². The van der Waals surface area contributed by atoms with Gasteiger partial charge in [0.1, 0.15) is 23.4 Å². The summed E-state index contributed by atoms with van der Waals surface area (Å²) >= 11 is 0. The Bertz CT molecular complexity index is 939. The lowest BCUT2D eigenvalue weighted by atomic mass is 10.2. The molecule has 3 aromatic heterocycles. The SMILES string of the molecule is F[C@H]1CNC[C@@H]1Nc1cccc(-c2cnc3cc(OC4CC4)ccn23)n1. The molecule has 1 aliphatic heterocycles. The van der Waals surface area contributed by atoms with Gasteiger partial charge in [-0.15, -0.1) is 0 Å². The number of hydrogen-bond donors (Lipinski definition) is 2. The molecule has 134 valence electrons. The molecule has 0 spiro atoms. The van der Waals surface area contributed by atoms with Crippen molar-refractivity contribution in [3.05, 3.63) is 42.7 Å². The molecular formula is C19H20FN5O. The molecular weight excluding hydrogens is 333 g/mol. The number of nitrogens with one attached hydrogen (secondary N) is 2. The summed E-state index contributed by atoms with van der Waals surface area (Å²) < 4.78 is 21.6. The second-order valence-corrected chi connectivity index (χ2v) is 6.88. The largest absolute Gasteiger partial charge is 0.490 e. The molecule has 5 rings (SSSR count). The first-order valence-corrected chi connectivity index (χ1v) is 8.99. The lowest BCUT2D eigenvalue weighted by molar-refractivity contribution is 0.303. The zero-order valence-corrected chi connectivity index (χ0v) is 14.2. The van der Waals surface area contributed by atoms with Crippen LogP contribution in [0.1, 0.15) is 12.8 Å². The number of aromatic nitrogens is 3. The van der Waals surface area contributed by atoms with Crippen molar-refractivity contribution < 1.29 is 9.13 Å². The summed E-state index contributed by atoms with van der Waals surface area (Å²) in [7, 11) is 0. The van der Waals surface area contributed by atoms with E-state index < -0.39 is 6.17 Å². The van der Waals surface area contributed by atoms with E-state index in [0.717, 1.165) is 35.6 Å². The quantitative estimate of drug-likeness (QED) is 0.738. The number of anilines is 1. The molecule has 2 aliphatic rings. The monoisotopic (exact) mass is 353 g/mol. The molecule has 2 atom stereocenters. The predicted molar refractivity (Wildman–Crippen MR) is 97.2 cm³/mol. The molecule has 2 fully saturated rings. The molecule has 7 heteroatoms. The number of alkyl halides is 1. The third-order valence-electron chi connectivity index (χ3n) is 4.80. The maximum absolute atomic E-state index is 13.8. The van der Waals surface area contributed by atoms with Gasteiger partial charge in [-0.05, 0) is 31.0 Å². The van der Waals surface area contributed by atoms with E-state index in [1.807, 2.05) is 40.9 Å². The first-order chi connectivity index (χ1) is 12.8. The molecule has 0 unspecified atom stereocenters. The average molecular weight is 353 g/mol. The maximum Gasteiger partial charge on any atom is 0.140 e. The Labute approximate surface area is 150 Å². The summed E-state index contributed by atoms with van der Waals surface area (Å²) in [6.45, 7) is 0.988. The Hall–Kier alpha value is -2.67. The van der Waals surface area contributed by atoms with Crippen LogP contribution < -0.4 is 15.4 Å². The Morgan fingerprint density at radius 2 is 2.15 bits per heavy atom. The fourth-order valence-corrected chi connectivity index (χ4v) is 3.24. The summed E-state index contributed by atoms with van der Waals surface area (Å²) in [6.07, 6.45) is 5.48. The van der Waals surface area contributed by atoms with E-state index >= 15 is 0 Å². The van der Waals surface area contributed by atoms with Gasteiger partial charge in [0.25, 0.3) is 0 Å². The van der Waals surface area contributed by atoms with Crippen molar-refractivity contribution >= 4 is 11.5 Å². The van der Waals surface area contributed by atoms with E-state index in [1.165, 1.54) is 0 Å². The van der Waals surface area contributed by atoms with Crippen LogP contribution in [0.15, 0.2) is 42.7 Å². The first-order valence-electron chi connectivity index (χ1n) is 8.99. The number of fused-ring (bicyclic) bond motifs is 1. The van der Waals surface area contributed by atoms with Gasteiger partial charge in [0, 0.05) is 25.4 Å². The summed E-state index contributed by atoms with van der Waals surface area (Å²) in [5.41, 5.74) is 2.50. The molecule has 0 aromatic carbocycles. The normalized spacial score (nSPS) is 22.7. The van der Waals surface area contributed by atoms with Crippen LogP contribution in [-0.2, 0) is 0 Å². The highest BCUT2D eigenvalue weighted by Crippen LogP contribution is 2.28. The smallest absolute Gasteiger partial charge is 0.140 e. The molecule has 1 aliphatic carbocycles. The molecule has 3 aromatic rings. The standard InChI is InChI=1S/C19H20FN5O/c20-14-9-21-10-16(14)24-18-3-1-2-15(23-18)17-11-22-19-8-13(6-7-25(17)19)26-12-4-5-12/h1-3,6-8,11-12,14,16,21H,4-5,9-10H2,(H,23,24)/t14-,16-/m0/s1. The molecule has 4 heterocycles. The van der Waals surface area contributed by atoms with Gasteiger partial charge >= 0.3 is 0 Å². The summed E-state index contributed by atoms with van der Waals surface area (Å²) in [6, 6.07) is 9.37. The number of hydrogen-bond acceptors (Lipinski definition) is 5. The Balaban J connectivity index is 1.42. The molecule has 0 radical (unpaired) electrons. The van der Waals surface area contributed by atoms with Gasteiger partial charge < -0.3 is 15.4 Å². The fourth-order valence-electron chi connectivity index (χ4n) is 3.24. The minimum absolute atomic E-state index is 0.248. The van der Waals surface area contributed by atoms with E-state index in [9.17, 15) is 4.39 Å². The molecule has 1 saturated carbocycles. The van der Waals surface area contributed by atoms with Gasteiger partial charge in [-0.1, -0.05) is 6.07 Å². The van der Waals surface area contributed by atoms with Crippen LogP contribution in [0, 0.1) is 0 Å². The third kappa shape index (κ3) is 2.99. The second-order valence-electron chi connectivity index (χ2n) is 6.88. The highest BCUT2D eigenvalue weighted by molar-refractivity contribution is 5.63. The van der Waals surface area contributed by atoms with Crippen LogP contribution in [0.3, 0.4) is 0 Å². The van der Waals surface area contributed by atoms with Crippen molar-refractivity contribution in [2.75, 3.05) is 18.4 Å². The maximum atomic E-state index is 13.8. The number of rotatable bonds is 5. The van der Waals surface area contributed by atoms with Crippen LogP contribution in [-0.4, -0.2) is 45.8 Å². The van der Waals surface area contributed by atoms with Crippen molar-refractivity contribution in [2.24, 2.45) is 0 Å². The number of imidazole rings is 1. The highest BCUT2D eigenvalue weighted by atomic mass is 19.1. The van der Waals surface area contributed by atoms with Crippen molar-refractivity contribution in [1.29, 1.82) is 0 Å². The number of halogens is 1. The van der Waals surface area contributed by atoms with Gasteiger partial charge in [0.05, 0.1) is 29.7 Å². The third-order valence-corrected chi connectivity index (χ3v) is 4.80. The zero-order valence-electron chi connectivity index (χ0n) is 14.2. The van der Waals surface area contributed by atoms with Crippen molar-refractivity contribution in [1.82, 2.24) is 19.7 Å². The lowest BCUT2D eigenvalue weighted by Gasteiger charge is -2.15. The summed E-state index contributed by atoms with van der Waals surface area (Å²) in [4.78, 5) is 9.13. The van der Waals surface area contributed by atoms with Gasteiger partial charge in [0.15, 0.2) is 0 Å². The first kappa shape index (κ1) is 15.6. The Kier molecular flexibility index (Phi) is 3.74. The van der Waals surface area contributed by atoms with E-state index in [4.69, 9.17) is 4.74 Å². The molecule has 6 nitrogen and oxygen atoms in total. The van der Waals surface area contributed by atoms with Gasteiger partial charge in [-0.2, -0.15) is 0 Å². The van der Waals surface area contributed by atoms with E-state index in [1.54, 1.807) is 6.20 Å². The van der Waals surface area contributed by atoms with Crippen molar-refractivity contribution in [3.63, 3.8) is 0 Å². The molecule has 1 saturated heterocycles. The van der Waals surface area contributed by atoms with Gasteiger partial charge in [0.2, 0.25) is 0 Å². The minimum atomic E-state index is -0.902. The van der Waals surface area contributed by atoms with Gasteiger partial charge in [-0.3, -0.25) is 4.40 Å². The Morgan fingerprint density at radius 3 is 2.96 bits per heavy atom. The summed E-state index contributed by atoms with van der Waals surface area (Å²) in [5, 5.41) is 6.22. The lowest BCUT2D eigenvalue weighted by Crippen LogP contribution is -2.29. The molecule has 26 heavy (non-hydrogen) atoms. The molecule has 0 bridgehead atoms. The van der Waals surface area contributed by atoms with E-state index in [0.29, 0.717) is 25.0 Å². The van der Waals surface area contributed by atoms with Crippen LogP contribution in [0.5, 0.6) is 5.75 Å². The number of nitrogens with zero attached hydrogens (tertiary/aromatic N) is 3. The fraction of sp³-hybridized carbons (Fsp3) is 0.368. The van der Waals surface area contributed by atoms with Crippen molar-refractivity contribution in [3.8, 4) is 17.1 Å². The molecule has 2 N–H and O–H groups in total. The van der Waals surface area contributed by atoms with Crippen LogP contribution in [0.2, 0.25) is 0 Å². The zero-order chi connectivity index (χ0) is 17.5. The van der Waals surface area contributed by atoms with Crippen LogP contribution >= 0.6 is 0 Å². The average Bonchev–Trinajstić information content (AvgIpc) is 3.22. The van der Waals surface area contributed by atoms with Crippen LogP contribution in [0.4, 0.5) is 10.2 Å². The van der Waals surface area contributed by atoms with E-state index in [-0.39, 0.29) is 6.04 Å². The van der Waals surface area contributed by atoms with Crippen LogP contribution in [0.25, 0.3) is 17.0 Å². The number of ether oxygens (including phenoxy) is 1. The van der Waals surface area contributed by atoms with E-state index in [2.05, 4.69) is 20.6 Å². The second kappa shape index (κ2) is 6.25. The topological polar surface area (TPSA) is 63.5 Å². The van der Waals surface area contributed by atoms with Crippen molar-refractivity contribution in [2.45, 2.75) is 31.2 Å². The molecule has 0 amide bonds.